The molecule has 5 nitrogen and oxygen atoms in total. The average Bonchev–Trinajstić information content (AvgIpc) is 3.89. The van der Waals surface area contributed by atoms with Crippen molar-refractivity contribution in [2.75, 3.05) is 0 Å². The van der Waals surface area contributed by atoms with Crippen molar-refractivity contribution in [3.8, 4) is 39.5 Å². The molecule has 4 heterocycles. The Balaban J connectivity index is 0.000000266. The predicted molar refractivity (Wildman–Crippen MR) is 271 cm³/mol. The van der Waals surface area contributed by atoms with Gasteiger partial charge in [0.05, 0.1) is 41.5 Å². The molecule has 0 bridgehead atoms. The molecular weight excluding hydrogens is 989 g/mol. The van der Waals surface area contributed by atoms with Gasteiger partial charge in [0.15, 0.2) is 0 Å². The number of fused-ring (bicyclic) bond motifs is 7. The van der Waals surface area contributed by atoms with Crippen LogP contribution in [-0.4, -0.2) is 27.6 Å². The molecule has 0 aliphatic heterocycles. The second-order valence-electron chi connectivity index (χ2n) is 18.3. The Morgan fingerprint density at radius 1 is 0.600 bits per heavy atom. The van der Waals surface area contributed by atoms with Crippen molar-refractivity contribution in [2.45, 2.75) is 59.2 Å². The maximum Gasteiger partial charge on any atom is 0.140 e. The summed E-state index contributed by atoms with van der Waals surface area (Å²) in [4.78, 5) is 15.0. The quantitative estimate of drug-likeness (QED) is 0.0907. The molecule has 0 atom stereocenters. The summed E-state index contributed by atoms with van der Waals surface area (Å²) < 4.78 is 9.12. The van der Waals surface area contributed by atoms with E-state index in [4.69, 9.17) is 14.4 Å². The second kappa shape index (κ2) is 17.8. The van der Waals surface area contributed by atoms with Crippen LogP contribution in [0.1, 0.15) is 50.7 Å². The van der Waals surface area contributed by atoms with Crippen molar-refractivity contribution >= 4 is 68.0 Å². The summed E-state index contributed by atoms with van der Waals surface area (Å²) in [6.07, 6.45) is 2.02. The van der Waals surface area contributed by atoms with Gasteiger partial charge >= 0.3 is 0 Å². The monoisotopic (exact) mass is 1040 g/mol. The zero-order valence-electron chi connectivity index (χ0n) is 37.8. The van der Waals surface area contributed by atoms with Crippen LogP contribution in [0, 0.1) is 12.1 Å². The number of para-hydroxylation sites is 2. The second-order valence-corrected chi connectivity index (χ2v) is 23.4. The smallest absolute Gasteiger partial charge is 0.140 e. The van der Waals surface area contributed by atoms with E-state index in [0.29, 0.717) is 0 Å². The first kappa shape index (κ1) is 43.7. The standard InChI is InChI=1S/C44H34N3O.C14H16NSi.Ir/c1-26(2)34-23-30(28-13-6-5-7-14-28)24-35(27(3)4)42(34)47-39-20-11-10-19-38(39)46-44(47)33-18-12-17-32-41-40(48-43(32)33)25-36-31-16-9-8-15-29(31)21-22-37(36)45-41;1-16(2,3)13-9-10-14(15-11-13)12-7-5-4-6-8-12;/h5-17,19-27H,1-4H3;4-7,9-11H,1-3H3;/q2*-1;. The van der Waals surface area contributed by atoms with Gasteiger partial charge in [-0.25, -0.2) is 4.98 Å². The first-order valence-corrected chi connectivity index (χ1v) is 25.7. The molecule has 0 saturated carbocycles. The molecule has 0 fully saturated rings. The van der Waals surface area contributed by atoms with E-state index in [1.807, 2.05) is 36.5 Å². The molecule has 0 amide bonds. The van der Waals surface area contributed by atoms with Gasteiger partial charge in [0.25, 0.3) is 0 Å². The third-order valence-corrected chi connectivity index (χ3v) is 14.3. The number of benzene rings is 7. The molecule has 0 unspecified atom stereocenters. The van der Waals surface area contributed by atoms with Gasteiger partial charge in [-0.15, -0.1) is 54.1 Å². The van der Waals surface area contributed by atoms with E-state index in [-0.39, 0.29) is 31.9 Å². The maximum absolute atomic E-state index is 6.77. The van der Waals surface area contributed by atoms with Crippen LogP contribution in [0.4, 0.5) is 0 Å². The van der Waals surface area contributed by atoms with Crippen molar-refractivity contribution < 1.29 is 24.5 Å². The average molecular weight is 1040 g/mol. The van der Waals surface area contributed by atoms with Crippen LogP contribution in [0.15, 0.2) is 168 Å². The summed E-state index contributed by atoms with van der Waals surface area (Å²) in [5.41, 5.74) is 14.4. The van der Waals surface area contributed by atoms with E-state index in [9.17, 15) is 0 Å². The number of pyridine rings is 2. The van der Waals surface area contributed by atoms with Crippen LogP contribution < -0.4 is 5.19 Å². The number of furan rings is 1. The molecule has 4 aromatic heterocycles. The van der Waals surface area contributed by atoms with Crippen LogP contribution in [-0.2, 0) is 20.1 Å². The fourth-order valence-electron chi connectivity index (χ4n) is 8.82. The van der Waals surface area contributed by atoms with Crippen molar-refractivity contribution in [1.29, 1.82) is 0 Å². The van der Waals surface area contributed by atoms with E-state index in [0.717, 1.165) is 66.7 Å². The largest absolute Gasteiger partial charge is 0.499 e. The van der Waals surface area contributed by atoms with E-state index in [1.165, 1.54) is 43.9 Å². The Kier molecular flexibility index (Phi) is 12.0. The fourth-order valence-corrected chi connectivity index (χ4v) is 9.85. The van der Waals surface area contributed by atoms with Crippen molar-refractivity contribution in [3.63, 3.8) is 0 Å². The summed E-state index contributed by atoms with van der Waals surface area (Å²) >= 11 is 0. The van der Waals surface area contributed by atoms with Gasteiger partial charge in [0.1, 0.15) is 5.58 Å². The Morgan fingerprint density at radius 2 is 1.32 bits per heavy atom. The molecule has 0 aliphatic rings. The molecule has 1 radical (unpaired) electrons. The molecule has 0 spiro atoms. The molecule has 11 rings (SSSR count). The summed E-state index contributed by atoms with van der Waals surface area (Å²) in [5, 5.41) is 5.79. The van der Waals surface area contributed by atoms with Crippen LogP contribution in [0.25, 0.3) is 94.2 Å². The van der Waals surface area contributed by atoms with E-state index >= 15 is 0 Å². The van der Waals surface area contributed by atoms with Crippen molar-refractivity contribution in [1.82, 2.24) is 19.5 Å². The number of imidazole rings is 1. The minimum atomic E-state index is -1.23. The number of hydrogen-bond donors (Lipinski definition) is 0. The Labute approximate surface area is 395 Å². The van der Waals surface area contributed by atoms with Gasteiger partial charge in [0.2, 0.25) is 0 Å². The number of aromatic nitrogens is 4. The summed E-state index contributed by atoms with van der Waals surface area (Å²) in [5.74, 6) is 1.35. The first-order chi connectivity index (χ1) is 31.0. The zero-order valence-corrected chi connectivity index (χ0v) is 41.2. The van der Waals surface area contributed by atoms with Gasteiger partial charge in [0, 0.05) is 37.4 Å². The zero-order chi connectivity index (χ0) is 44.1. The van der Waals surface area contributed by atoms with Gasteiger partial charge in [-0.1, -0.05) is 138 Å². The van der Waals surface area contributed by atoms with Crippen LogP contribution in [0.3, 0.4) is 0 Å². The SMILES string of the molecule is CC(C)c1cc(-c2ccccc2)cc(C(C)C)c1-n1c(-c2[c-]ccc3c2oc2cc4c(ccc5ccccc54)nc23)nc2ccccc21.C[Si](C)(C)c1ccc(-c2[c-]cccc2)nc1.[Ir]. The van der Waals surface area contributed by atoms with Gasteiger partial charge in [-0.2, -0.15) is 0 Å². The predicted octanol–water partition coefficient (Wildman–Crippen LogP) is 15.1. The van der Waals surface area contributed by atoms with Gasteiger partial charge in [-0.3, -0.25) is 4.98 Å². The summed E-state index contributed by atoms with van der Waals surface area (Å²) in [6, 6.07) is 61.7. The van der Waals surface area contributed by atoms with Crippen LogP contribution in [0.2, 0.25) is 19.6 Å². The molecule has 0 N–H and O–H groups in total. The maximum atomic E-state index is 6.77. The summed E-state index contributed by atoms with van der Waals surface area (Å²) in [7, 11) is -1.23. The Hall–Kier alpha value is -6.50. The molecular formula is C58H50IrN4OSi-2. The van der Waals surface area contributed by atoms with Crippen LogP contribution in [0.5, 0.6) is 0 Å². The molecule has 0 aliphatic carbocycles. The molecule has 7 aromatic carbocycles. The molecule has 65 heavy (non-hydrogen) atoms. The van der Waals surface area contributed by atoms with Gasteiger partial charge in [-0.05, 0) is 97.5 Å². The van der Waals surface area contributed by atoms with Gasteiger partial charge < -0.3 is 14.0 Å². The van der Waals surface area contributed by atoms with Crippen LogP contribution >= 0.6 is 0 Å². The topological polar surface area (TPSA) is 56.7 Å². The molecule has 323 valence electrons. The molecule has 11 aromatic rings. The third kappa shape index (κ3) is 8.25. The third-order valence-electron chi connectivity index (χ3n) is 12.2. The Morgan fingerprint density at radius 3 is 2.03 bits per heavy atom. The normalized spacial score (nSPS) is 11.8. The molecule has 0 saturated heterocycles. The number of rotatable bonds is 7. The van der Waals surface area contributed by atoms with Crippen molar-refractivity contribution in [2.24, 2.45) is 0 Å². The van der Waals surface area contributed by atoms with Crippen molar-refractivity contribution in [3.05, 3.63) is 187 Å². The molecule has 7 heteroatoms. The minimum absolute atomic E-state index is 0. The van der Waals surface area contributed by atoms with E-state index in [1.54, 1.807) is 0 Å². The van der Waals surface area contributed by atoms with E-state index in [2.05, 4.69) is 196 Å². The minimum Gasteiger partial charge on any atom is -0.499 e. The number of nitrogens with zero attached hydrogens (tertiary/aromatic N) is 4. The van der Waals surface area contributed by atoms with E-state index < -0.39 is 8.07 Å². The fraction of sp³-hybridized carbons (Fsp3) is 0.155. The summed E-state index contributed by atoms with van der Waals surface area (Å²) in [6.45, 7) is 16.1. The first-order valence-electron chi connectivity index (χ1n) is 22.2. The number of hydrogen-bond acceptors (Lipinski definition) is 4. The Bertz CT molecular complexity index is 3450.